The molecule has 0 aliphatic carbocycles. The van der Waals surface area contributed by atoms with E-state index in [9.17, 15) is 8.42 Å². The van der Waals surface area contributed by atoms with Crippen molar-refractivity contribution in [3.05, 3.63) is 0 Å². The van der Waals surface area contributed by atoms with Gasteiger partial charge in [0, 0.05) is 0 Å². The monoisotopic (exact) mass is 178 g/mol. The van der Waals surface area contributed by atoms with Crippen LogP contribution in [0.1, 0.15) is 12.8 Å². The first-order chi connectivity index (χ1) is 4.92. The van der Waals surface area contributed by atoms with Crippen molar-refractivity contribution in [2.24, 2.45) is 0 Å². The van der Waals surface area contributed by atoms with Crippen molar-refractivity contribution in [3.8, 4) is 0 Å². The quantitative estimate of drug-likeness (QED) is 0.393. The van der Waals surface area contributed by atoms with Crippen LogP contribution in [0.15, 0.2) is 0 Å². The van der Waals surface area contributed by atoms with Gasteiger partial charge in [0.25, 0.3) is 10.1 Å². The van der Waals surface area contributed by atoms with Crippen molar-refractivity contribution in [2.45, 2.75) is 32.8 Å². The molecule has 0 saturated heterocycles. The Kier molecular flexibility index (Phi) is 4.76. The van der Waals surface area contributed by atoms with E-state index in [1.165, 1.54) is 0 Å². The van der Waals surface area contributed by atoms with Crippen LogP contribution in [0.5, 0.6) is 0 Å². The standard InChI is InChI=1S/C6H15BO3S/c1-7(2)5-3-4-6-11(8,9)10/h3-6H2,1-2H3,(H,8,9,10). The highest BCUT2D eigenvalue weighted by atomic mass is 32.2. The molecule has 0 aliphatic rings. The third-order valence-corrected chi connectivity index (χ3v) is 2.24. The second kappa shape index (κ2) is 4.77. The molecule has 0 aromatic heterocycles. The van der Waals surface area contributed by atoms with Crippen molar-refractivity contribution in [3.63, 3.8) is 0 Å². The first kappa shape index (κ1) is 11.0. The lowest BCUT2D eigenvalue weighted by atomic mass is 9.51. The topological polar surface area (TPSA) is 54.4 Å². The minimum atomic E-state index is -3.72. The van der Waals surface area contributed by atoms with E-state index in [2.05, 4.69) is 13.6 Å². The summed E-state index contributed by atoms with van der Waals surface area (Å²) in [6.45, 7) is 4.79. The van der Waals surface area contributed by atoms with Crippen LogP contribution >= 0.6 is 0 Å². The molecule has 0 amide bonds. The third-order valence-electron chi connectivity index (χ3n) is 1.43. The predicted molar refractivity (Wildman–Crippen MR) is 47.9 cm³/mol. The van der Waals surface area contributed by atoms with Gasteiger partial charge in [0.05, 0.1) is 5.75 Å². The van der Waals surface area contributed by atoms with Crippen LogP contribution in [0.2, 0.25) is 20.0 Å². The predicted octanol–water partition coefficient (Wildman–Crippen LogP) is 1.41. The van der Waals surface area contributed by atoms with Gasteiger partial charge in [-0.2, -0.15) is 8.42 Å². The molecular formula is C6H15BO3S. The van der Waals surface area contributed by atoms with Crippen molar-refractivity contribution in [2.75, 3.05) is 5.75 Å². The average molecular weight is 178 g/mol. The maximum Gasteiger partial charge on any atom is 0.264 e. The van der Waals surface area contributed by atoms with E-state index in [-0.39, 0.29) is 5.75 Å². The first-order valence-corrected chi connectivity index (χ1v) is 5.48. The molecule has 1 N–H and O–H groups in total. The van der Waals surface area contributed by atoms with Gasteiger partial charge in [-0.15, -0.1) is 0 Å². The highest BCUT2D eigenvalue weighted by Crippen LogP contribution is 2.02. The molecule has 0 heterocycles. The van der Waals surface area contributed by atoms with E-state index in [0.717, 1.165) is 12.7 Å². The molecule has 5 heteroatoms. The second-order valence-corrected chi connectivity index (χ2v) is 4.75. The first-order valence-electron chi connectivity index (χ1n) is 3.87. The van der Waals surface area contributed by atoms with E-state index in [1.54, 1.807) is 0 Å². The lowest BCUT2D eigenvalue weighted by molar-refractivity contribution is 0.480. The Bertz CT molecular complexity index is 186. The molecule has 3 nitrogen and oxygen atoms in total. The highest BCUT2D eigenvalue weighted by Gasteiger charge is 2.04. The lowest BCUT2D eigenvalue weighted by Crippen LogP contribution is -2.05. The summed E-state index contributed by atoms with van der Waals surface area (Å²) in [6.07, 6.45) is 2.46. The maximum atomic E-state index is 10.2. The van der Waals surface area contributed by atoms with Gasteiger partial charge in [0.1, 0.15) is 6.71 Å². The van der Waals surface area contributed by atoms with Gasteiger partial charge in [0.2, 0.25) is 0 Å². The van der Waals surface area contributed by atoms with Crippen LogP contribution in [-0.2, 0) is 10.1 Å². The second-order valence-electron chi connectivity index (χ2n) is 3.18. The van der Waals surface area contributed by atoms with Crippen molar-refractivity contribution in [1.29, 1.82) is 0 Å². The summed E-state index contributed by atoms with van der Waals surface area (Å²) in [4.78, 5) is 0. The molecule has 0 unspecified atom stereocenters. The molecule has 11 heavy (non-hydrogen) atoms. The van der Waals surface area contributed by atoms with Gasteiger partial charge in [0.15, 0.2) is 0 Å². The number of hydrogen-bond acceptors (Lipinski definition) is 2. The van der Waals surface area contributed by atoms with E-state index < -0.39 is 10.1 Å². The zero-order valence-corrected chi connectivity index (χ0v) is 7.89. The van der Waals surface area contributed by atoms with Gasteiger partial charge in [-0.25, -0.2) is 0 Å². The molecular weight excluding hydrogens is 163 g/mol. The Hall–Kier alpha value is -0.0251. The van der Waals surface area contributed by atoms with Crippen LogP contribution in [0.3, 0.4) is 0 Å². The fourth-order valence-electron chi connectivity index (χ4n) is 0.837. The average Bonchev–Trinajstić information content (AvgIpc) is 1.78. The molecule has 0 aromatic carbocycles. The molecule has 0 spiro atoms. The fraction of sp³-hybridized carbons (Fsp3) is 1.00. The van der Waals surface area contributed by atoms with E-state index in [0.29, 0.717) is 13.1 Å². The number of rotatable bonds is 5. The van der Waals surface area contributed by atoms with Gasteiger partial charge >= 0.3 is 0 Å². The largest absolute Gasteiger partial charge is 0.286 e. The lowest BCUT2D eigenvalue weighted by Gasteiger charge is -1.99. The zero-order valence-electron chi connectivity index (χ0n) is 7.08. The summed E-state index contributed by atoms with van der Waals surface area (Å²) >= 11 is 0. The summed E-state index contributed by atoms with van der Waals surface area (Å²) in [5, 5.41) is 0. The summed E-state index contributed by atoms with van der Waals surface area (Å²) in [5.74, 6) is -0.0975. The molecule has 0 aliphatic heterocycles. The smallest absolute Gasteiger partial charge is 0.264 e. The highest BCUT2D eigenvalue weighted by molar-refractivity contribution is 7.85. The molecule has 0 fully saturated rings. The van der Waals surface area contributed by atoms with Gasteiger partial charge in [-0.1, -0.05) is 26.4 Å². The van der Waals surface area contributed by atoms with Crippen LogP contribution < -0.4 is 0 Å². The Labute approximate surface area is 69.0 Å². The van der Waals surface area contributed by atoms with Crippen LogP contribution in [0, 0.1) is 0 Å². The molecule has 0 radical (unpaired) electrons. The number of unbranched alkanes of at least 4 members (excludes halogenated alkanes) is 1. The van der Waals surface area contributed by atoms with E-state index in [1.807, 2.05) is 0 Å². The van der Waals surface area contributed by atoms with E-state index >= 15 is 0 Å². The van der Waals surface area contributed by atoms with Gasteiger partial charge < -0.3 is 0 Å². The minimum Gasteiger partial charge on any atom is -0.286 e. The van der Waals surface area contributed by atoms with E-state index in [4.69, 9.17) is 4.55 Å². The molecule has 0 saturated carbocycles. The van der Waals surface area contributed by atoms with Crippen LogP contribution in [0.25, 0.3) is 0 Å². The van der Waals surface area contributed by atoms with Gasteiger partial charge in [-0.3, -0.25) is 4.55 Å². The van der Waals surface area contributed by atoms with Crippen LogP contribution in [0.4, 0.5) is 0 Å². The minimum absolute atomic E-state index is 0.0975. The molecule has 0 aromatic rings. The van der Waals surface area contributed by atoms with Gasteiger partial charge in [-0.05, 0) is 6.42 Å². The van der Waals surface area contributed by atoms with Crippen LogP contribution in [-0.4, -0.2) is 25.4 Å². The Balaban J connectivity index is 3.30. The summed E-state index contributed by atoms with van der Waals surface area (Å²) in [6, 6.07) is 0. The normalized spacial score (nSPS) is 11.5. The molecule has 0 rings (SSSR count). The Morgan fingerprint density at radius 1 is 1.27 bits per heavy atom. The SMILES string of the molecule is CB(C)CCCCS(=O)(=O)O. The number of hydrogen-bond donors (Lipinski definition) is 1. The summed E-state index contributed by atoms with van der Waals surface area (Å²) < 4.78 is 28.8. The summed E-state index contributed by atoms with van der Waals surface area (Å²) in [5.41, 5.74) is 0. The fourth-order valence-corrected chi connectivity index (χ4v) is 1.41. The molecule has 0 atom stereocenters. The molecule has 66 valence electrons. The Morgan fingerprint density at radius 2 is 1.82 bits per heavy atom. The zero-order chi connectivity index (χ0) is 8.91. The third kappa shape index (κ3) is 9.97. The van der Waals surface area contributed by atoms with Crippen molar-refractivity contribution < 1.29 is 13.0 Å². The van der Waals surface area contributed by atoms with Crippen molar-refractivity contribution >= 4 is 16.8 Å². The summed E-state index contributed by atoms with van der Waals surface area (Å²) in [7, 11) is -3.72. The Morgan fingerprint density at radius 3 is 2.18 bits per heavy atom. The van der Waals surface area contributed by atoms with Crippen molar-refractivity contribution in [1.82, 2.24) is 0 Å². The molecule has 0 bridgehead atoms. The maximum absolute atomic E-state index is 10.2.